The highest BCUT2D eigenvalue weighted by Gasteiger charge is 1.96. The van der Waals surface area contributed by atoms with Gasteiger partial charge in [-0.2, -0.15) is 12.0 Å². The molecule has 7 heteroatoms. The molecule has 0 saturated carbocycles. The third-order valence-corrected chi connectivity index (χ3v) is 1.21. The van der Waals surface area contributed by atoms with Gasteiger partial charge in [-0.1, -0.05) is 0 Å². The Morgan fingerprint density at radius 1 is 1.57 bits per heavy atom. The van der Waals surface area contributed by atoms with E-state index in [1.165, 1.54) is 0 Å². The molecule has 0 aromatic heterocycles. The Balaban J connectivity index is 3.84. The van der Waals surface area contributed by atoms with Gasteiger partial charge in [0.2, 0.25) is 0 Å². The molecule has 0 amide bonds. The highest BCUT2D eigenvalue weighted by molar-refractivity contribution is 7.90. The molecular formula is H3NO4S2. The Bertz CT molecular complexity index is 143. The summed E-state index contributed by atoms with van der Waals surface area (Å²) >= 11 is -0.954. The molecule has 0 rings (SSSR count). The topological polar surface area (TPSA) is 86.5 Å². The van der Waals surface area contributed by atoms with Crippen molar-refractivity contribution in [3.8, 4) is 0 Å². The van der Waals surface area contributed by atoms with Crippen molar-refractivity contribution in [1.29, 1.82) is 0 Å². The van der Waals surface area contributed by atoms with E-state index in [9.17, 15) is 12.6 Å². The van der Waals surface area contributed by atoms with E-state index in [4.69, 9.17) is 0 Å². The molecule has 0 bridgehead atoms. The van der Waals surface area contributed by atoms with E-state index < -0.39 is 22.3 Å². The Hall–Kier alpha value is 0.0200. The van der Waals surface area contributed by atoms with E-state index in [0.717, 1.165) is 0 Å². The van der Waals surface area contributed by atoms with Gasteiger partial charge in [0, 0.05) is 0 Å². The molecule has 5 nitrogen and oxygen atoms in total. The Labute approximate surface area is 44.4 Å². The first-order valence-corrected chi connectivity index (χ1v) is 3.30. The fourth-order valence-corrected chi connectivity index (χ4v) is 0.382. The van der Waals surface area contributed by atoms with Crippen LogP contribution in [0.15, 0.2) is 0 Å². The van der Waals surface area contributed by atoms with Crippen LogP contribution in [0.2, 0.25) is 0 Å². The maximum atomic E-state index is 9.58. The fraction of sp³-hybridized carbons (Fsp3) is 0. The summed E-state index contributed by atoms with van der Waals surface area (Å²) in [6.07, 6.45) is 0. The summed E-state index contributed by atoms with van der Waals surface area (Å²) in [7, 11) is -4.00. The third kappa shape index (κ3) is 6.02. The first-order chi connectivity index (χ1) is 3.06. The molecule has 0 fully saturated rings. The summed E-state index contributed by atoms with van der Waals surface area (Å²) in [5.74, 6) is 0. The van der Waals surface area contributed by atoms with E-state index in [2.05, 4.69) is 8.77 Å². The van der Waals surface area contributed by atoms with Crippen molar-refractivity contribution in [2.24, 2.45) is 5.14 Å². The van der Waals surface area contributed by atoms with Gasteiger partial charge >= 0.3 is 10.3 Å². The van der Waals surface area contributed by atoms with E-state index in [-0.39, 0.29) is 0 Å². The molecule has 0 radical (unpaired) electrons. The van der Waals surface area contributed by atoms with Gasteiger partial charge in [0.1, 0.15) is 0 Å². The number of hydrogen-bond donors (Lipinski definition) is 2. The van der Waals surface area contributed by atoms with Gasteiger partial charge in [0.05, 0.1) is 0 Å². The first kappa shape index (κ1) is 7.02. The Kier molecular flexibility index (Phi) is 2.37. The molecule has 0 aliphatic heterocycles. The van der Waals surface area contributed by atoms with Crippen LogP contribution in [0.3, 0.4) is 0 Å². The van der Waals surface area contributed by atoms with Crippen molar-refractivity contribution in [3.05, 3.63) is 0 Å². The lowest BCUT2D eigenvalue weighted by Gasteiger charge is -1.82. The Morgan fingerprint density at radius 3 is 2.00 bits per heavy atom. The van der Waals surface area contributed by atoms with Crippen molar-refractivity contribution in [3.63, 3.8) is 0 Å². The summed E-state index contributed by atoms with van der Waals surface area (Å²) in [5.41, 5.74) is 0. The maximum Gasteiger partial charge on any atom is 0.346 e. The van der Waals surface area contributed by atoms with Gasteiger partial charge in [-0.15, -0.1) is 0 Å². The molecule has 0 unspecified atom stereocenters. The first-order valence-electron chi connectivity index (χ1n) is 1.10. The number of thiol groups is 1. The van der Waals surface area contributed by atoms with Crippen LogP contribution in [-0.2, 0) is 25.9 Å². The lowest BCUT2D eigenvalue weighted by Crippen LogP contribution is -2.12. The minimum atomic E-state index is -4.00. The van der Waals surface area contributed by atoms with Crippen LogP contribution in [0.5, 0.6) is 0 Å². The van der Waals surface area contributed by atoms with Crippen LogP contribution in [0.4, 0.5) is 0 Å². The van der Waals surface area contributed by atoms with Crippen LogP contribution >= 0.6 is 0 Å². The zero-order chi connectivity index (χ0) is 5.91. The summed E-state index contributed by atoms with van der Waals surface area (Å²) in [4.78, 5) is 0. The van der Waals surface area contributed by atoms with E-state index >= 15 is 0 Å². The van der Waals surface area contributed by atoms with Crippen LogP contribution in [-0.4, -0.2) is 12.6 Å². The summed E-state index contributed by atoms with van der Waals surface area (Å²) in [6, 6.07) is 0. The quantitative estimate of drug-likeness (QED) is 0.443. The van der Waals surface area contributed by atoms with Crippen LogP contribution in [0.25, 0.3) is 0 Å². The second-order valence-electron chi connectivity index (χ2n) is 0.642. The van der Waals surface area contributed by atoms with Crippen molar-refractivity contribution >= 4 is 22.3 Å². The van der Waals surface area contributed by atoms with Gasteiger partial charge in [-0.05, 0) is 0 Å². The van der Waals surface area contributed by atoms with Crippen molar-refractivity contribution < 1.29 is 16.3 Å². The predicted molar refractivity (Wildman–Crippen MR) is 23.7 cm³/mol. The van der Waals surface area contributed by atoms with Gasteiger partial charge in [-0.3, -0.25) is 0 Å². The molecule has 0 saturated heterocycles. The molecule has 0 aliphatic rings. The molecule has 0 atom stereocenters. The molecule has 0 aliphatic carbocycles. The number of hydrogen-bond acceptors (Lipinski definition) is 4. The second kappa shape index (κ2) is 2.36. The largest absolute Gasteiger partial charge is 0.346 e. The third-order valence-electron chi connectivity index (χ3n) is 0.134. The van der Waals surface area contributed by atoms with Crippen LogP contribution in [0.1, 0.15) is 0 Å². The highest BCUT2D eigenvalue weighted by Crippen LogP contribution is 1.73. The number of nitrogens with two attached hydrogens (primary N) is 1. The lowest BCUT2D eigenvalue weighted by molar-refractivity contribution is 0.508. The average Bonchev–Trinajstić information content (AvgIpc) is 1.30. The summed E-state index contributed by atoms with van der Waals surface area (Å²) in [6.45, 7) is 0. The van der Waals surface area contributed by atoms with Crippen LogP contribution < -0.4 is 5.14 Å². The molecule has 2 N–H and O–H groups in total. The second-order valence-corrected chi connectivity index (χ2v) is 2.37. The number of rotatable bonds is 2. The van der Waals surface area contributed by atoms with Gasteiger partial charge < -0.3 is 0 Å². The van der Waals surface area contributed by atoms with E-state index in [1.54, 1.807) is 0 Å². The average molecular weight is 145 g/mol. The van der Waals surface area contributed by atoms with Crippen molar-refractivity contribution in [1.82, 2.24) is 0 Å². The minimum absolute atomic E-state index is 0.954. The molecular weight excluding hydrogens is 142 g/mol. The zero-order valence-electron chi connectivity index (χ0n) is 3.07. The van der Waals surface area contributed by atoms with Gasteiger partial charge in [-0.25, -0.2) is 9.35 Å². The SMILES string of the molecule is NS(=O)(=O)O[SH]=O. The lowest BCUT2D eigenvalue weighted by atomic mass is 13.9. The Morgan fingerprint density at radius 2 is 2.00 bits per heavy atom. The highest BCUT2D eigenvalue weighted by atomic mass is 32.3. The van der Waals surface area contributed by atoms with E-state index in [1.807, 2.05) is 0 Å². The molecule has 44 valence electrons. The monoisotopic (exact) mass is 145 g/mol. The van der Waals surface area contributed by atoms with E-state index in [0.29, 0.717) is 0 Å². The maximum absolute atomic E-state index is 9.58. The predicted octanol–water partition coefficient (Wildman–Crippen LogP) is -1.93. The molecule has 0 aromatic rings. The molecule has 0 heterocycles. The van der Waals surface area contributed by atoms with Crippen molar-refractivity contribution in [2.75, 3.05) is 0 Å². The minimum Gasteiger partial charge on any atom is -0.232 e. The summed E-state index contributed by atoms with van der Waals surface area (Å²) < 4.78 is 31.8. The molecule has 0 aromatic carbocycles. The summed E-state index contributed by atoms with van der Waals surface area (Å²) in [5, 5.41) is 4.19. The van der Waals surface area contributed by atoms with Gasteiger partial charge in [0.15, 0.2) is 11.9 Å². The van der Waals surface area contributed by atoms with Crippen molar-refractivity contribution in [2.45, 2.75) is 0 Å². The normalized spacial score (nSPS) is 11.6. The zero-order valence-corrected chi connectivity index (χ0v) is 4.78. The van der Waals surface area contributed by atoms with Gasteiger partial charge in [0.25, 0.3) is 0 Å². The molecule has 0 spiro atoms. The standard InChI is InChI=1S/H3NO4S2/c1-7(3,4)5-6-2/h6H,(H2,1,3,4). The fourth-order valence-electron chi connectivity index (χ4n) is 0.0424. The van der Waals surface area contributed by atoms with Crippen LogP contribution in [0, 0.1) is 0 Å². The smallest absolute Gasteiger partial charge is 0.232 e. The molecule has 7 heavy (non-hydrogen) atoms.